The topological polar surface area (TPSA) is 23.8 Å². The van der Waals surface area contributed by atoms with Crippen molar-refractivity contribution >= 4 is 33.8 Å². The van der Waals surface area contributed by atoms with Crippen LogP contribution < -0.4 is 0 Å². The molecule has 2 rings (SSSR count). The van der Waals surface area contributed by atoms with Crippen molar-refractivity contribution in [3.05, 3.63) is 70.5 Å². The standard InChI is InChI=1S/C16H11ClFNS/c1-20-16(11-5-7-13(17)8-6-11)15(10-19)12-3-2-4-14(18)9-12/h2-9H,1H3/b16-15-. The first-order chi connectivity index (χ1) is 9.65. The van der Waals surface area contributed by atoms with Gasteiger partial charge in [0.05, 0.1) is 5.57 Å². The monoisotopic (exact) mass is 303 g/mol. The van der Waals surface area contributed by atoms with Crippen molar-refractivity contribution in [1.29, 1.82) is 5.26 Å². The first kappa shape index (κ1) is 14.6. The second-order valence-electron chi connectivity index (χ2n) is 4.04. The Kier molecular flexibility index (Phi) is 4.84. The summed E-state index contributed by atoms with van der Waals surface area (Å²) in [5.74, 6) is -0.355. The summed E-state index contributed by atoms with van der Waals surface area (Å²) < 4.78 is 13.3. The Balaban J connectivity index is 2.59. The third kappa shape index (κ3) is 3.22. The van der Waals surface area contributed by atoms with Crippen LogP contribution in [0.25, 0.3) is 10.5 Å². The summed E-state index contributed by atoms with van der Waals surface area (Å²) >= 11 is 7.33. The molecule has 0 aliphatic carbocycles. The summed E-state index contributed by atoms with van der Waals surface area (Å²) in [7, 11) is 0. The van der Waals surface area contributed by atoms with Crippen LogP contribution in [0.3, 0.4) is 0 Å². The molecule has 0 unspecified atom stereocenters. The molecule has 100 valence electrons. The molecule has 0 saturated heterocycles. The quantitative estimate of drug-likeness (QED) is 0.572. The number of hydrogen-bond donors (Lipinski definition) is 0. The van der Waals surface area contributed by atoms with Crippen molar-refractivity contribution in [2.75, 3.05) is 6.26 Å². The molecule has 1 nitrogen and oxygen atoms in total. The Hall–Kier alpha value is -1.76. The summed E-state index contributed by atoms with van der Waals surface area (Å²) in [6.45, 7) is 0. The minimum absolute atomic E-state index is 0.355. The van der Waals surface area contributed by atoms with Gasteiger partial charge in [-0.15, -0.1) is 11.8 Å². The zero-order valence-corrected chi connectivity index (χ0v) is 12.3. The van der Waals surface area contributed by atoms with Gasteiger partial charge in [0.1, 0.15) is 11.9 Å². The Labute approximate surface area is 126 Å². The summed E-state index contributed by atoms with van der Waals surface area (Å²) in [6.07, 6.45) is 1.89. The fraction of sp³-hybridized carbons (Fsp3) is 0.0625. The molecule has 0 spiro atoms. The van der Waals surface area contributed by atoms with Gasteiger partial charge in [0.15, 0.2) is 0 Å². The highest BCUT2D eigenvalue weighted by atomic mass is 35.5. The highest BCUT2D eigenvalue weighted by molar-refractivity contribution is 8.08. The van der Waals surface area contributed by atoms with Crippen LogP contribution in [-0.2, 0) is 0 Å². The molecule has 0 aliphatic rings. The molecule has 0 saturated carbocycles. The SMILES string of the molecule is CS/C(=C(/C#N)c1cccc(F)c1)c1ccc(Cl)cc1. The molecule has 0 fully saturated rings. The fourth-order valence-corrected chi connectivity index (χ4v) is 2.72. The zero-order chi connectivity index (χ0) is 14.5. The molecule has 0 heterocycles. The highest BCUT2D eigenvalue weighted by Crippen LogP contribution is 2.34. The van der Waals surface area contributed by atoms with Crippen LogP contribution in [0.4, 0.5) is 4.39 Å². The number of nitrogens with zero attached hydrogens (tertiary/aromatic N) is 1. The van der Waals surface area contributed by atoms with E-state index in [4.69, 9.17) is 11.6 Å². The van der Waals surface area contributed by atoms with E-state index in [0.29, 0.717) is 16.2 Å². The van der Waals surface area contributed by atoms with E-state index in [2.05, 4.69) is 6.07 Å². The van der Waals surface area contributed by atoms with Crippen LogP contribution in [0, 0.1) is 17.1 Å². The van der Waals surface area contributed by atoms with Gasteiger partial charge in [-0.2, -0.15) is 5.26 Å². The van der Waals surface area contributed by atoms with Crippen LogP contribution in [-0.4, -0.2) is 6.26 Å². The van der Waals surface area contributed by atoms with Gasteiger partial charge in [-0.1, -0.05) is 35.9 Å². The molecule has 0 aromatic heterocycles. The molecule has 2 aromatic carbocycles. The normalized spacial score (nSPS) is 11.7. The number of benzene rings is 2. The van der Waals surface area contributed by atoms with Crippen molar-refractivity contribution in [2.45, 2.75) is 0 Å². The second-order valence-corrected chi connectivity index (χ2v) is 5.29. The Bertz CT molecular complexity index is 686. The van der Waals surface area contributed by atoms with Crippen molar-refractivity contribution in [3.63, 3.8) is 0 Å². The molecular formula is C16H11ClFNS. The number of thioether (sulfide) groups is 1. The maximum Gasteiger partial charge on any atom is 0.123 e. The summed E-state index contributed by atoms with van der Waals surface area (Å²) in [5, 5.41) is 10.1. The van der Waals surface area contributed by atoms with Gasteiger partial charge in [-0.05, 0) is 41.6 Å². The molecule has 20 heavy (non-hydrogen) atoms. The lowest BCUT2D eigenvalue weighted by atomic mass is 10.0. The largest absolute Gasteiger partial charge is 0.207 e. The smallest absolute Gasteiger partial charge is 0.123 e. The second kappa shape index (κ2) is 6.60. The summed E-state index contributed by atoms with van der Waals surface area (Å²) in [5.41, 5.74) is 1.92. The minimum atomic E-state index is -0.355. The number of nitriles is 1. The molecule has 0 bridgehead atoms. The molecule has 0 N–H and O–H groups in total. The average molecular weight is 304 g/mol. The molecule has 0 aliphatic heterocycles. The number of rotatable bonds is 3. The summed E-state index contributed by atoms with van der Waals surface area (Å²) in [4.78, 5) is 0.801. The maximum absolute atomic E-state index is 13.3. The lowest BCUT2D eigenvalue weighted by Crippen LogP contribution is -1.89. The Morgan fingerprint density at radius 3 is 2.40 bits per heavy atom. The third-order valence-electron chi connectivity index (χ3n) is 2.76. The van der Waals surface area contributed by atoms with Crippen LogP contribution in [0.5, 0.6) is 0 Å². The lowest BCUT2D eigenvalue weighted by Gasteiger charge is -2.09. The first-order valence-electron chi connectivity index (χ1n) is 5.86. The molecule has 0 radical (unpaired) electrons. The summed E-state index contributed by atoms with van der Waals surface area (Å²) in [6, 6.07) is 15.5. The number of halogens is 2. The van der Waals surface area contributed by atoms with E-state index in [1.54, 1.807) is 24.3 Å². The predicted molar refractivity (Wildman–Crippen MR) is 83.8 cm³/mol. The van der Waals surface area contributed by atoms with Gasteiger partial charge < -0.3 is 0 Å². The van der Waals surface area contributed by atoms with E-state index in [0.717, 1.165) is 10.5 Å². The molecule has 4 heteroatoms. The fourth-order valence-electron chi connectivity index (χ4n) is 1.86. The highest BCUT2D eigenvalue weighted by Gasteiger charge is 2.11. The van der Waals surface area contributed by atoms with E-state index in [-0.39, 0.29) is 5.82 Å². The van der Waals surface area contributed by atoms with E-state index in [1.165, 1.54) is 23.9 Å². The minimum Gasteiger partial charge on any atom is -0.207 e. The number of allylic oxidation sites excluding steroid dienone is 1. The van der Waals surface area contributed by atoms with E-state index in [1.807, 2.05) is 18.4 Å². The predicted octanol–water partition coefficient (Wildman–Crippen LogP) is 5.23. The molecule has 0 amide bonds. The van der Waals surface area contributed by atoms with Crippen molar-refractivity contribution < 1.29 is 4.39 Å². The Morgan fingerprint density at radius 2 is 1.85 bits per heavy atom. The van der Waals surface area contributed by atoms with Crippen molar-refractivity contribution in [3.8, 4) is 6.07 Å². The van der Waals surface area contributed by atoms with E-state index < -0.39 is 0 Å². The molecular weight excluding hydrogens is 293 g/mol. The van der Waals surface area contributed by atoms with Gasteiger partial charge in [-0.3, -0.25) is 0 Å². The van der Waals surface area contributed by atoms with Gasteiger partial charge in [0.2, 0.25) is 0 Å². The van der Waals surface area contributed by atoms with Crippen LogP contribution in [0.1, 0.15) is 11.1 Å². The first-order valence-corrected chi connectivity index (χ1v) is 7.46. The van der Waals surface area contributed by atoms with Crippen LogP contribution in [0.2, 0.25) is 5.02 Å². The van der Waals surface area contributed by atoms with Crippen LogP contribution in [0.15, 0.2) is 48.5 Å². The Morgan fingerprint density at radius 1 is 1.15 bits per heavy atom. The average Bonchev–Trinajstić information content (AvgIpc) is 2.46. The van der Waals surface area contributed by atoms with Gasteiger partial charge in [0.25, 0.3) is 0 Å². The lowest BCUT2D eigenvalue weighted by molar-refractivity contribution is 0.627. The number of hydrogen-bond acceptors (Lipinski definition) is 2. The van der Waals surface area contributed by atoms with Crippen molar-refractivity contribution in [1.82, 2.24) is 0 Å². The molecule has 0 atom stereocenters. The van der Waals surface area contributed by atoms with Crippen LogP contribution >= 0.6 is 23.4 Å². The van der Waals surface area contributed by atoms with Gasteiger partial charge >= 0.3 is 0 Å². The van der Waals surface area contributed by atoms with Gasteiger partial charge in [0, 0.05) is 9.93 Å². The van der Waals surface area contributed by atoms with E-state index >= 15 is 0 Å². The third-order valence-corrected chi connectivity index (χ3v) is 3.86. The van der Waals surface area contributed by atoms with Crippen molar-refractivity contribution in [2.24, 2.45) is 0 Å². The molecule has 2 aromatic rings. The van der Waals surface area contributed by atoms with Gasteiger partial charge in [-0.25, -0.2) is 4.39 Å². The van der Waals surface area contributed by atoms with E-state index in [9.17, 15) is 9.65 Å². The maximum atomic E-state index is 13.3. The zero-order valence-electron chi connectivity index (χ0n) is 10.7.